The van der Waals surface area contributed by atoms with Crippen LogP contribution in [0.3, 0.4) is 0 Å². The monoisotopic (exact) mass is 224 g/mol. The molecule has 1 aliphatic heterocycles. The molecule has 0 radical (unpaired) electrons. The second-order valence-corrected chi connectivity index (χ2v) is 3.59. The van der Waals surface area contributed by atoms with Gasteiger partial charge in [-0.3, -0.25) is 4.79 Å². The van der Waals surface area contributed by atoms with Crippen molar-refractivity contribution in [3.05, 3.63) is 28.8 Å². The SMILES string of the molecule is CC(=O)/C=C/c1cc(Cl)c2c(c1)OCO2. The first kappa shape index (κ1) is 10.1. The second-order valence-electron chi connectivity index (χ2n) is 3.18. The lowest BCUT2D eigenvalue weighted by Gasteiger charge is -2.00. The minimum absolute atomic E-state index is 0.0104. The van der Waals surface area contributed by atoms with Gasteiger partial charge < -0.3 is 9.47 Å². The van der Waals surface area contributed by atoms with Gasteiger partial charge in [0.05, 0.1) is 5.02 Å². The number of carbonyl (C=O) groups is 1. The number of fused-ring (bicyclic) bond motifs is 1. The van der Waals surface area contributed by atoms with Gasteiger partial charge in [0.25, 0.3) is 0 Å². The van der Waals surface area contributed by atoms with Crippen LogP contribution in [0.15, 0.2) is 18.2 Å². The molecule has 1 aliphatic rings. The van der Waals surface area contributed by atoms with E-state index >= 15 is 0 Å². The van der Waals surface area contributed by atoms with Crippen LogP contribution in [0.2, 0.25) is 5.02 Å². The number of ketones is 1. The highest BCUT2D eigenvalue weighted by molar-refractivity contribution is 6.32. The van der Waals surface area contributed by atoms with Gasteiger partial charge in [-0.2, -0.15) is 0 Å². The molecular weight excluding hydrogens is 216 g/mol. The van der Waals surface area contributed by atoms with Crippen molar-refractivity contribution in [2.45, 2.75) is 6.92 Å². The molecule has 0 aliphatic carbocycles. The molecule has 78 valence electrons. The van der Waals surface area contributed by atoms with E-state index < -0.39 is 0 Å². The largest absolute Gasteiger partial charge is 0.454 e. The number of halogens is 1. The van der Waals surface area contributed by atoms with Crippen LogP contribution in [0.5, 0.6) is 11.5 Å². The van der Waals surface area contributed by atoms with Crippen molar-refractivity contribution >= 4 is 23.5 Å². The summed E-state index contributed by atoms with van der Waals surface area (Å²) < 4.78 is 10.4. The first-order valence-corrected chi connectivity index (χ1v) is 4.82. The molecule has 0 unspecified atom stereocenters. The maximum absolute atomic E-state index is 10.8. The van der Waals surface area contributed by atoms with E-state index in [1.54, 1.807) is 18.2 Å². The Bertz CT molecular complexity index is 438. The Hall–Kier alpha value is -1.48. The molecular formula is C11H9ClO3. The van der Waals surface area contributed by atoms with Gasteiger partial charge in [0.2, 0.25) is 6.79 Å². The zero-order valence-corrected chi connectivity index (χ0v) is 8.88. The summed E-state index contributed by atoms with van der Waals surface area (Å²) in [7, 11) is 0. The van der Waals surface area contributed by atoms with Crippen LogP contribution in [0.25, 0.3) is 6.08 Å². The van der Waals surface area contributed by atoms with Crippen molar-refractivity contribution in [2.75, 3.05) is 6.79 Å². The lowest BCUT2D eigenvalue weighted by molar-refractivity contribution is -0.112. The van der Waals surface area contributed by atoms with E-state index in [0.29, 0.717) is 16.5 Å². The predicted octanol–water partition coefficient (Wildman–Crippen LogP) is 2.67. The van der Waals surface area contributed by atoms with Gasteiger partial charge in [-0.05, 0) is 30.7 Å². The number of rotatable bonds is 2. The Morgan fingerprint density at radius 1 is 1.47 bits per heavy atom. The van der Waals surface area contributed by atoms with Crippen LogP contribution in [0.4, 0.5) is 0 Å². The van der Waals surface area contributed by atoms with Gasteiger partial charge in [-0.15, -0.1) is 0 Å². The molecule has 0 atom stereocenters. The number of hydrogen-bond acceptors (Lipinski definition) is 3. The van der Waals surface area contributed by atoms with Crippen molar-refractivity contribution in [1.82, 2.24) is 0 Å². The zero-order valence-electron chi connectivity index (χ0n) is 8.12. The van der Waals surface area contributed by atoms with Gasteiger partial charge in [0.15, 0.2) is 17.3 Å². The van der Waals surface area contributed by atoms with E-state index in [0.717, 1.165) is 5.56 Å². The van der Waals surface area contributed by atoms with Gasteiger partial charge in [-0.1, -0.05) is 17.7 Å². The van der Waals surface area contributed by atoms with Crippen molar-refractivity contribution in [3.8, 4) is 11.5 Å². The molecule has 0 aromatic heterocycles. The summed E-state index contributed by atoms with van der Waals surface area (Å²) in [6.45, 7) is 1.68. The van der Waals surface area contributed by atoms with Crippen LogP contribution in [0.1, 0.15) is 12.5 Å². The Balaban J connectivity index is 2.35. The quantitative estimate of drug-likeness (QED) is 0.725. The number of hydrogen-bond donors (Lipinski definition) is 0. The molecule has 3 nitrogen and oxygen atoms in total. The molecule has 4 heteroatoms. The summed E-state index contributed by atoms with van der Waals surface area (Å²) in [5, 5.41) is 0.494. The normalized spacial score (nSPS) is 13.5. The van der Waals surface area contributed by atoms with Crippen molar-refractivity contribution in [1.29, 1.82) is 0 Å². The number of carbonyl (C=O) groups excluding carboxylic acids is 1. The van der Waals surface area contributed by atoms with Gasteiger partial charge >= 0.3 is 0 Å². The van der Waals surface area contributed by atoms with Crippen molar-refractivity contribution in [2.24, 2.45) is 0 Å². The fourth-order valence-corrected chi connectivity index (χ4v) is 1.57. The third-order valence-corrected chi connectivity index (χ3v) is 2.24. The van der Waals surface area contributed by atoms with Gasteiger partial charge in [0, 0.05) is 0 Å². The predicted molar refractivity (Wildman–Crippen MR) is 57.3 cm³/mol. The molecule has 0 spiro atoms. The summed E-state index contributed by atoms with van der Waals surface area (Å²) in [5.74, 6) is 1.17. The molecule has 1 aromatic carbocycles. The first-order valence-electron chi connectivity index (χ1n) is 4.44. The minimum atomic E-state index is -0.0104. The summed E-state index contributed by atoms with van der Waals surface area (Å²) in [5.41, 5.74) is 0.819. The molecule has 0 saturated carbocycles. The highest BCUT2D eigenvalue weighted by Gasteiger charge is 2.17. The summed E-state index contributed by atoms with van der Waals surface area (Å²) >= 11 is 5.97. The average molecular weight is 225 g/mol. The Labute approximate surface area is 92.3 Å². The summed E-state index contributed by atoms with van der Waals surface area (Å²) in [6, 6.07) is 3.52. The third-order valence-electron chi connectivity index (χ3n) is 1.96. The van der Waals surface area contributed by atoms with Crippen LogP contribution >= 0.6 is 11.6 Å². The average Bonchev–Trinajstić information content (AvgIpc) is 2.63. The van der Waals surface area contributed by atoms with E-state index in [1.807, 2.05) is 0 Å². The van der Waals surface area contributed by atoms with E-state index in [1.165, 1.54) is 13.0 Å². The molecule has 1 aromatic rings. The van der Waals surface area contributed by atoms with E-state index in [2.05, 4.69) is 0 Å². The number of ether oxygens (including phenoxy) is 2. The van der Waals surface area contributed by atoms with E-state index in [9.17, 15) is 4.79 Å². The topological polar surface area (TPSA) is 35.5 Å². The standard InChI is InChI=1S/C11H9ClO3/c1-7(13)2-3-8-4-9(12)11-10(5-8)14-6-15-11/h2-5H,6H2,1H3/b3-2+. The second kappa shape index (κ2) is 3.95. The Morgan fingerprint density at radius 3 is 3.00 bits per heavy atom. The lowest BCUT2D eigenvalue weighted by Crippen LogP contribution is -1.93. The van der Waals surface area contributed by atoms with Crippen molar-refractivity contribution < 1.29 is 14.3 Å². The summed E-state index contributed by atoms with van der Waals surface area (Å²) in [4.78, 5) is 10.8. The number of allylic oxidation sites excluding steroid dienone is 1. The maximum atomic E-state index is 10.8. The van der Waals surface area contributed by atoms with Crippen LogP contribution in [-0.2, 0) is 4.79 Å². The fraction of sp³-hybridized carbons (Fsp3) is 0.182. The molecule has 0 bridgehead atoms. The first-order chi connectivity index (χ1) is 7.16. The van der Waals surface area contributed by atoms with E-state index in [4.69, 9.17) is 21.1 Å². The molecule has 0 amide bonds. The highest BCUT2D eigenvalue weighted by atomic mass is 35.5. The van der Waals surface area contributed by atoms with Crippen LogP contribution in [-0.4, -0.2) is 12.6 Å². The fourth-order valence-electron chi connectivity index (χ4n) is 1.30. The van der Waals surface area contributed by atoms with Crippen LogP contribution in [0, 0.1) is 0 Å². The van der Waals surface area contributed by atoms with Crippen LogP contribution < -0.4 is 9.47 Å². The highest BCUT2D eigenvalue weighted by Crippen LogP contribution is 2.39. The van der Waals surface area contributed by atoms with Gasteiger partial charge in [0.1, 0.15) is 0 Å². The van der Waals surface area contributed by atoms with Crippen molar-refractivity contribution in [3.63, 3.8) is 0 Å². The molecule has 0 saturated heterocycles. The molecule has 0 N–H and O–H groups in total. The molecule has 0 fully saturated rings. The maximum Gasteiger partial charge on any atom is 0.231 e. The lowest BCUT2D eigenvalue weighted by atomic mass is 10.2. The Kier molecular flexibility index (Phi) is 2.64. The Morgan fingerprint density at radius 2 is 2.27 bits per heavy atom. The number of benzene rings is 1. The molecule has 15 heavy (non-hydrogen) atoms. The molecule has 2 rings (SSSR count). The zero-order chi connectivity index (χ0) is 10.8. The smallest absolute Gasteiger partial charge is 0.231 e. The van der Waals surface area contributed by atoms with E-state index in [-0.39, 0.29) is 12.6 Å². The third kappa shape index (κ3) is 2.13. The minimum Gasteiger partial charge on any atom is -0.454 e. The van der Waals surface area contributed by atoms with Gasteiger partial charge in [-0.25, -0.2) is 0 Å². The molecule has 1 heterocycles. The summed E-state index contributed by atoms with van der Waals surface area (Å²) in [6.07, 6.45) is 3.17.